The van der Waals surface area contributed by atoms with Crippen LogP contribution in [-0.4, -0.2) is 30.3 Å². The number of hydrogen-bond donors (Lipinski definition) is 0. The van der Waals surface area contributed by atoms with Crippen LogP contribution in [0, 0.1) is 5.92 Å². The van der Waals surface area contributed by atoms with Gasteiger partial charge in [0.25, 0.3) is 0 Å². The first-order valence-electron chi connectivity index (χ1n) is 6.04. The van der Waals surface area contributed by atoms with Crippen molar-refractivity contribution in [1.29, 1.82) is 0 Å². The van der Waals surface area contributed by atoms with E-state index in [0.29, 0.717) is 5.92 Å². The van der Waals surface area contributed by atoms with Crippen molar-refractivity contribution in [2.24, 2.45) is 11.0 Å². The van der Waals surface area contributed by atoms with E-state index in [4.69, 9.17) is 19.7 Å². The highest BCUT2D eigenvalue weighted by Gasteiger charge is 2.55. The van der Waals surface area contributed by atoms with Crippen LogP contribution in [0.5, 0.6) is 0 Å². The average molecular weight is 241 g/mol. The molecule has 5 atom stereocenters. The minimum Gasteiger partial charge on any atom is -0.346 e. The van der Waals surface area contributed by atoms with Crippen LogP contribution in [0.1, 0.15) is 34.1 Å². The van der Waals surface area contributed by atoms with Crippen molar-refractivity contribution in [1.82, 2.24) is 0 Å². The summed E-state index contributed by atoms with van der Waals surface area (Å²) in [5.74, 6) is -0.356. The number of rotatable bonds is 3. The zero-order valence-corrected chi connectivity index (χ0v) is 10.7. The topological polar surface area (TPSA) is 76.5 Å². The molecule has 0 radical (unpaired) electrons. The molecule has 0 amide bonds. The normalized spacial score (nSPS) is 40.7. The van der Waals surface area contributed by atoms with Gasteiger partial charge >= 0.3 is 0 Å². The Bertz CT molecular complexity index is 341. The van der Waals surface area contributed by atoms with Gasteiger partial charge in [-0.3, -0.25) is 0 Å². The maximum Gasteiger partial charge on any atom is 0.187 e. The van der Waals surface area contributed by atoms with Gasteiger partial charge in [-0.15, -0.1) is 0 Å². The minimum atomic E-state index is -0.668. The minimum absolute atomic E-state index is 0.123. The Kier molecular flexibility index (Phi) is 3.32. The van der Waals surface area contributed by atoms with Gasteiger partial charge in [-0.1, -0.05) is 25.4 Å². The van der Waals surface area contributed by atoms with Crippen LogP contribution in [0.25, 0.3) is 10.4 Å². The van der Waals surface area contributed by atoms with Crippen LogP contribution in [0.2, 0.25) is 0 Å². The summed E-state index contributed by atoms with van der Waals surface area (Å²) in [5, 5.41) is 3.83. The Morgan fingerprint density at radius 3 is 2.71 bits per heavy atom. The molecule has 0 N–H and O–H groups in total. The summed E-state index contributed by atoms with van der Waals surface area (Å²) >= 11 is 0. The fourth-order valence-corrected chi connectivity index (χ4v) is 2.41. The third-order valence-electron chi connectivity index (χ3n) is 3.44. The van der Waals surface area contributed by atoms with Gasteiger partial charge in [-0.05, 0) is 25.3 Å². The van der Waals surface area contributed by atoms with E-state index in [1.54, 1.807) is 0 Å². The maximum absolute atomic E-state index is 8.66. The van der Waals surface area contributed by atoms with E-state index in [-0.39, 0.29) is 18.2 Å². The molecular weight excluding hydrogens is 222 g/mol. The lowest BCUT2D eigenvalue weighted by molar-refractivity contribution is -0.210. The summed E-state index contributed by atoms with van der Waals surface area (Å²) in [4.78, 5) is 2.90. The first-order chi connectivity index (χ1) is 7.98. The molecule has 0 saturated carbocycles. The largest absolute Gasteiger partial charge is 0.346 e. The number of ether oxygens (including phenoxy) is 3. The lowest BCUT2D eigenvalue weighted by Crippen LogP contribution is -2.36. The van der Waals surface area contributed by atoms with Crippen molar-refractivity contribution in [3.8, 4) is 0 Å². The van der Waals surface area contributed by atoms with E-state index in [2.05, 4.69) is 23.9 Å². The van der Waals surface area contributed by atoms with Crippen LogP contribution in [-0.2, 0) is 14.2 Å². The fraction of sp³-hybridized carbons (Fsp3) is 1.00. The van der Waals surface area contributed by atoms with Crippen LogP contribution in [0.3, 0.4) is 0 Å². The molecule has 0 bridgehead atoms. The zero-order valence-electron chi connectivity index (χ0n) is 10.7. The van der Waals surface area contributed by atoms with Crippen LogP contribution in [0.15, 0.2) is 5.11 Å². The van der Waals surface area contributed by atoms with Crippen molar-refractivity contribution < 1.29 is 14.2 Å². The molecule has 0 unspecified atom stereocenters. The highest BCUT2D eigenvalue weighted by molar-refractivity contribution is 4.99. The highest BCUT2D eigenvalue weighted by atomic mass is 16.8. The van der Waals surface area contributed by atoms with Crippen molar-refractivity contribution in [2.75, 3.05) is 0 Å². The van der Waals surface area contributed by atoms with Crippen LogP contribution < -0.4 is 0 Å². The summed E-state index contributed by atoms with van der Waals surface area (Å²) < 4.78 is 17.2. The summed E-state index contributed by atoms with van der Waals surface area (Å²) in [6, 6.07) is -0.304. The molecule has 96 valence electrons. The first-order valence-corrected chi connectivity index (χ1v) is 6.04. The van der Waals surface area contributed by atoms with Gasteiger partial charge < -0.3 is 14.2 Å². The molecule has 6 nitrogen and oxygen atoms in total. The van der Waals surface area contributed by atoms with Crippen LogP contribution >= 0.6 is 0 Å². The maximum atomic E-state index is 8.66. The molecule has 6 heteroatoms. The predicted molar refractivity (Wildman–Crippen MR) is 61.1 cm³/mol. The third kappa shape index (κ3) is 2.26. The summed E-state index contributed by atoms with van der Waals surface area (Å²) in [6.45, 7) is 7.83. The number of hydrogen-bond acceptors (Lipinski definition) is 4. The second-order valence-electron chi connectivity index (χ2n) is 5.15. The molecule has 0 aromatic carbocycles. The Morgan fingerprint density at radius 2 is 2.12 bits per heavy atom. The molecule has 2 aliphatic rings. The van der Waals surface area contributed by atoms with E-state index < -0.39 is 12.1 Å². The van der Waals surface area contributed by atoms with Crippen molar-refractivity contribution >= 4 is 0 Å². The molecule has 0 aromatic heterocycles. The monoisotopic (exact) mass is 241 g/mol. The second kappa shape index (κ2) is 4.46. The van der Waals surface area contributed by atoms with Crippen LogP contribution in [0.4, 0.5) is 0 Å². The molecule has 2 saturated heterocycles. The Labute approximate surface area is 101 Å². The Balaban J connectivity index is 2.18. The van der Waals surface area contributed by atoms with Gasteiger partial charge in [0.2, 0.25) is 0 Å². The second-order valence-corrected chi connectivity index (χ2v) is 5.15. The Morgan fingerprint density at radius 1 is 1.41 bits per heavy atom. The molecule has 0 spiro atoms. The number of nitrogens with zero attached hydrogens (tertiary/aromatic N) is 3. The smallest absolute Gasteiger partial charge is 0.187 e. The lowest BCUT2D eigenvalue weighted by atomic mass is 9.95. The summed E-state index contributed by atoms with van der Waals surface area (Å²) in [5.41, 5.74) is 8.66. The van der Waals surface area contributed by atoms with Gasteiger partial charge in [0.05, 0.1) is 12.1 Å². The highest BCUT2D eigenvalue weighted by Crippen LogP contribution is 2.41. The molecule has 0 aliphatic carbocycles. The summed E-state index contributed by atoms with van der Waals surface area (Å²) in [6.07, 6.45) is 0.131. The lowest BCUT2D eigenvalue weighted by Gasteiger charge is -2.26. The van der Waals surface area contributed by atoms with E-state index in [1.165, 1.54) is 0 Å². The Hall–Kier alpha value is -0.810. The van der Waals surface area contributed by atoms with E-state index >= 15 is 0 Å². The molecule has 17 heavy (non-hydrogen) atoms. The molecular formula is C11H19N3O3. The van der Waals surface area contributed by atoms with Crippen molar-refractivity contribution in [3.63, 3.8) is 0 Å². The molecule has 2 fully saturated rings. The summed E-state index contributed by atoms with van der Waals surface area (Å²) in [7, 11) is 0. The zero-order chi connectivity index (χ0) is 12.6. The van der Waals surface area contributed by atoms with E-state index in [0.717, 1.165) is 6.42 Å². The standard InChI is InChI=1S/C11H19N3O3/c1-5-6(2)8-7(13-14-12)9-10(15-8)17-11(3,4)16-9/h6-10H,5H2,1-4H3/t6-,7+,8-,9-,10-/m1/s1. The number of fused-ring (bicyclic) bond motifs is 1. The number of azide groups is 1. The van der Waals surface area contributed by atoms with Gasteiger partial charge in [0, 0.05) is 4.91 Å². The molecule has 2 aliphatic heterocycles. The average Bonchev–Trinajstić information content (AvgIpc) is 2.72. The third-order valence-corrected chi connectivity index (χ3v) is 3.44. The SMILES string of the molecule is CC[C@@H](C)[C@H]1O[C@@H]2OC(C)(C)O[C@@H]2[C@H]1N=[N+]=[N-]. The van der Waals surface area contributed by atoms with E-state index in [9.17, 15) is 0 Å². The van der Waals surface area contributed by atoms with Gasteiger partial charge in [-0.2, -0.15) is 0 Å². The molecule has 0 aromatic rings. The van der Waals surface area contributed by atoms with E-state index in [1.807, 2.05) is 13.8 Å². The van der Waals surface area contributed by atoms with Gasteiger partial charge in [0.15, 0.2) is 12.1 Å². The molecule has 2 heterocycles. The van der Waals surface area contributed by atoms with Crippen molar-refractivity contribution in [2.45, 2.75) is 64.4 Å². The predicted octanol–water partition coefficient (Wildman–Crippen LogP) is 2.59. The fourth-order valence-electron chi connectivity index (χ4n) is 2.41. The van der Waals surface area contributed by atoms with Gasteiger partial charge in [0.1, 0.15) is 6.10 Å². The van der Waals surface area contributed by atoms with Gasteiger partial charge in [-0.25, -0.2) is 0 Å². The quantitative estimate of drug-likeness (QED) is 0.433. The first kappa shape index (κ1) is 12.6. The van der Waals surface area contributed by atoms with Crippen molar-refractivity contribution in [3.05, 3.63) is 10.4 Å². The molecule has 2 rings (SSSR count).